The van der Waals surface area contributed by atoms with Gasteiger partial charge >= 0.3 is 0 Å². The third-order valence-corrected chi connectivity index (χ3v) is 5.46. The Morgan fingerprint density at radius 2 is 2.17 bits per heavy atom. The van der Waals surface area contributed by atoms with Crippen molar-refractivity contribution in [3.8, 4) is 0 Å². The van der Waals surface area contributed by atoms with E-state index in [2.05, 4.69) is 23.8 Å². The van der Waals surface area contributed by atoms with Gasteiger partial charge in [-0.05, 0) is 72.4 Å². The van der Waals surface area contributed by atoms with Gasteiger partial charge < -0.3 is 5.73 Å². The van der Waals surface area contributed by atoms with Crippen LogP contribution in [0, 0.1) is 11.3 Å². The molecule has 2 N–H and O–H groups in total. The molecule has 0 radical (unpaired) electrons. The van der Waals surface area contributed by atoms with Crippen molar-refractivity contribution in [2.24, 2.45) is 17.1 Å². The molecule has 0 saturated heterocycles. The fourth-order valence-corrected chi connectivity index (χ4v) is 4.02. The van der Waals surface area contributed by atoms with Crippen molar-refractivity contribution in [1.82, 2.24) is 0 Å². The molecule has 1 aromatic heterocycles. The maximum atomic E-state index is 6.10. The quantitative estimate of drug-likeness (QED) is 0.798. The summed E-state index contributed by atoms with van der Waals surface area (Å²) in [6.07, 6.45) is 10.9. The van der Waals surface area contributed by atoms with Crippen LogP contribution in [0.5, 0.6) is 0 Å². The van der Waals surface area contributed by atoms with Gasteiger partial charge in [0.2, 0.25) is 0 Å². The van der Waals surface area contributed by atoms with Crippen LogP contribution in [-0.4, -0.2) is 6.54 Å². The van der Waals surface area contributed by atoms with E-state index in [1.807, 2.05) is 11.3 Å². The molecule has 0 amide bonds. The summed E-state index contributed by atoms with van der Waals surface area (Å²) in [5.74, 6) is 0.979. The van der Waals surface area contributed by atoms with E-state index < -0.39 is 0 Å². The second-order valence-corrected chi connectivity index (χ2v) is 6.88. The summed E-state index contributed by atoms with van der Waals surface area (Å²) in [7, 11) is 0. The highest BCUT2D eigenvalue weighted by Crippen LogP contribution is 2.42. The van der Waals surface area contributed by atoms with Gasteiger partial charge in [-0.1, -0.05) is 26.2 Å². The first-order chi connectivity index (χ1) is 8.78. The zero-order chi connectivity index (χ0) is 12.8. The minimum Gasteiger partial charge on any atom is -0.330 e. The smallest absolute Gasteiger partial charge is 0.00173 e. The normalized spacial score (nSPS) is 28.4. The fourth-order valence-electron chi connectivity index (χ4n) is 3.35. The Labute approximate surface area is 116 Å². The maximum Gasteiger partial charge on any atom is -0.00173 e. The van der Waals surface area contributed by atoms with Crippen molar-refractivity contribution in [1.29, 1.82) is 0 Å². The van der Waals surface area contributed by atoms with Gasteiger partial charge in [0.25, 0.3) is 0 Å². The molecule has 1 aliphatic carbocycles. The van der Waals surface area contributed by atoms with Crippen molar-refractivity contribution in [3.05, 3.63) is 22.4 Å². The average Bonchev–Trinajstić information content (AvgIpc) is 2.91. The van der Waals surface area contributed by atoms with Crippen LogP contribution >= 0.6 is 11.3 Å². The van der Waals surface area contributed by atoms with Gasteiger partial charge in [-0.25, -0.2) is 0 Å². The minimum atomic E-state index is 0.407. The lowest BCUT2D eigenvalue weighted by Crippen LogP contribution is -2.36. The molecule has 1 nitrogen and oxygen atoms in total. The second-order valence-electron chi connectivity index (χ2n) is 6.10. The standard InChI is InChI=1S/C16H27NS/c1-2-3-4-14-5-8-16(13-17,9-6-14)11-15-7-10-18-12-15/h7,10,12,14H,2-6,8-9,11,13,17H2,1H3. The summed E-state index contributed by atoms with van der Waals surface area (Å²) in [6, 6.07) is 2.27. The van der Waals surface area contributed by atoms with Crippen LogP contribution < -0.4 is 5.73 Å². The highest BCUT2D eigenvalue weighted by atomic mass is 32.1. The molecule has 102 valence electrons. The van der Waals surface area contributed by atoms with Gasteiger partial charge in [0.05, 0.1) is 0 Å². The van der Waals surface area contributed by atoms with Gasteiger partial charge in [0.15, 0.2) is 0 Å². The van der Waals surface area contributed by atoms with E-state index in [1.54, 1.807) is 0 Å². The molecule has 2 rings (SSSR count). The zero-order valence-corrected chi connectivity index (χ0v) is 12.5. The van der Waals surface area contributed by atoms with Crippen LogP contribution in [0.2, 0.25) is 0 Å². The van der Waals surface area contributed by atoms with Crippen molar-refractivity contribution >= 4 is 11.3 Å². The molecule has 1 fully saturated rings. The zero-order valence-electron chi connectivity index (χ0n) is 11.7. The lowest BCUT2D eigenvalue weighted by molar-refractivity contribution is 0.150. The van der Waals surface area contributed by atoms with E-state index in [9.17, 15) is 0 Å². The minimum absolute atomic E-state index is 0.407. The predicted molar refractivity (Wildman–Crippen MR) is 81.0 cm³/mol. The molecule has 1 heterocycles. The predicted octanol–water partition coefficient (Wildman–Crippen LogP) is 4.62. The number of rotatable bonds is 6. The van der Waals surface area contributed by atoms with E-state index in [0.29, 0.717) is 5.41 Å². The first-order valence-corrected chi connectivity index (χ1v) is 8.43. The monoisotopic (exact) mass is 265 g/mol. The molecule has 18 heavy (non-hydrogen) atoms. The number of nitrogens with two attached hydrogens (primary N) is 1. The Hall–Kier alpha value is -0.340. The maximum absolute atomic E-state index is 6.10. The summed E-state index contributed by atoms with van der Waals surface area (Å²) in [4.78, 5) is 0. The third-order valence-electron chi connectivity index (χ3n) is 4.72. The summed E-state index contributed by atoms with van der Waals surface area (Å²) in [5.41, 5.74) is 8.01. The lowest BCUT2D eigenvalue weighted by atomic mass is 9.67. The fraction of sp³-hybridized carbons (Fsp3) is 0.750. The molecule has 2 heteroatoms. The van der Waals surface area contributed by atoms with Crippen LogP contribution in [0.15, 0.2) is 16.8 Å². The first kappa shape index (κ1) is 14.1. The van der Waals surface area contributed by atoms with Gasteiger partial charge in [0.1, 0.15) is 0 Å². The molecule has 0 aromatic carbocycles. The molecule has 1 saturated carbocycles. The van der Waals surface area contributed by atoms with E-state index in [0.717, 1.165) is 12.5 Å². The number of hydrogen-bond donors (Lipinski definition) is 1. The summed E-state index contributed by atoms with van der Waals surface area (Å²) >= 11 is 1.81. The van der Waals surface area contributed by atoms with E-state index >= 15 is 0 Å². The summed E-state index contributed by atoms with van der Waals surface area (Å²) in [5, 5.41) is 4.48. The van der Waals surface area contributed by atoms with E-state index in [4.69, 9.17) is 5.73 Å². The Morgan fingerprint density at radius 3 is 2.72 bits per heavy atom. The highest BCUT2D eigenvalue weighted by Gasteiger charge is 2.34. The van der Waals surface area contributed by atoms with Gasteiger partial charge in [0, 0.05) is 0 Å². The van der Waals surface area contributed by atoms with Gasteiger partial charge in [-0.3, -0.25) is 0 Å². The average molecular weight is 265 g/mol. The van der Waals surface area contributed by atoms with E-state index in [1.165, 1.54) is 56.9 Å². The summed E-state index contributed by atoms with van der Waals surface area (Å²) in [6.45, 7) is 3.16. The first-order valence-electron chi connectivity index (χ1n) is 7.49. The number of thiophene rings is 1. The van der Waals surface area contributed by atoms with Gasteiger partial charge in [-0.2, -0.15) is 11.3 Å². The molecule has 0 atom stereocenters. The van der Waals surface area contributed by atoms with Crippen LogP contribution in [0.25, 0.3) is 0 Å². The SMILES string of the molecule is CCCCC1CCC(CN)(Cc2ccsc2)CC1. The molecule has 0 bridgehead atoms. The van der Waals surface area contributed by atoms with Gasteiger partial charge in [-0.15, -0.1) is 0 Å². The van der Waals surface area contributed by atoms with Crippen molar-refractivity contribution < 1.29 is 0 Å². The lowest BCUT2D eigenvalue weighted by Gasteiger charge is -2.39. The Morgan fingerprint density at radius 1 is 1.39 bits per heavy atom. The van der Waals surface area contributed by atoms with Crippen molar-refractivity contribution in [3.63, 3.8) is 0 Å². The van der Waals surface area contributed by atoms with Crippen LogP contribution in [0.3, 0.4) is 0 Å². The molecule has 0 aliphatic heterocycles. The Kier molecular flexibility index (Phi) is 5.25. The summed E-state index contributed by atoms with van der Waals surface area (Å²) < 4.78 is 0. The Balaban J connectivity index is 1.87. The molecular weight excluding hydrogens is 238 g/mol. The third kappa shape index (κ3) is 3.58. The molecule has 0 spiro atoms. The largest absolute Gasteiger partial charge is 0.330 e. The van der Waals surface area contributed by atoms with Crippen LogP contribution in [-0.2, 0) is 6.42 Å². The topological polar surface area (TPSA) is 26.0 Å². The number of hydrogen-bond acceptors (Lipinski definition) is 2. The van der Waals surface area contributed by atoms with Crippen LogP contribution in [0.1, 0.15) is 57.4 Å². The van der Waals surface area contributed by atoms with E-state index in [-0.39, 0.29) is 0 Å². The number of unbranched alkanes of at least 4 members (excludes halogenated alkanes) is 1. The molecule has 0 unspecified atom stereocenters. The van der Waals surface area contributed by atoms with Crippen LogP contribution in [0.4, 0.5) is 0 Å². The molecule has 1 aliphatic rings. The molecular formula is C16H27NS. The van der Waals surface area contributed by atoms with Crippen molar-refractivity contribution in [2.45, 2.75) is 58.3 Å². The Bertz CT molecular complexity index is 323. The van der Waals surface area contributed by atoms with Crippen molar-refractivity contribution in [2.75, 3.05) is 6.54 Å². The highest BCUT2D eigenvalue weighted by molar-refractivity contribution is 7.07. The second kappa shape index (κ2) is 6.72. The molecule has 1 aromatic rings.